The summed E-state index contributed by atoms with van der Waals surface area (Å²) in [7, 11) is 0. The number of allylic oxidation sites excluding steroid dienone is 3. The lowest BCUT2D eigenvalue weighted by molar-refractivity contribution is -0.395. The summed E-state index contributed by atoms with van der Waals surface area (Å²) in [6.07, 6.45) is 5.33. The molecule has 0 aliphatic rings. The predicted octanol–water partition coefficient (Wildman–Crippen LogP) is 2.34. The molecule has 0 aromatic heterocycles. The molecule has 2 heteroatoms. The lowest BCUT2D eigenvalue weighted by Crippen LogP contribution is -2.24. The molecule has 0 bridgehead atoms. The van der Waals surface area contributed by atoms with Gasteiger partial charge in [-0.15, -0.1) is 0 Å². The Kier molecular flexibility index (Phi) is 7.10. The van der Waals surface area contributed by atoms with Gasteiger partial charge in [0.1, 0.15) is 0 Å². The van der Waals surface area contributed by atoms with E-state index in [1.807, 2.05) is 6.92 Å². The molecule has 0 spiro atoms. The van der Waals surface area contributed by atoms with Crippen molar-refractivity contribution < 1.29 is 5.11 Å². The van der Waals surface area contributed by atoms with Crippen LogP contribution in [0.4, 0.5) is 0 Å². The van der Waals surface area contributed by atoms with Gasteiger partial charge in [-0.3, -0.25) is 0 Å². The van der Waals surface area contributed by atoms with E-state index in [9.17, 15) is 5.11 Å². The maximum Gasteiger partial charge on any atom is -0.0188 e. The van der Waals surface area contributed by atoms with Gasteiger partial charge in [-0.25, -0.2) is 0 Å². The molecule has 0 fully saturated rings. The van der Waals surface area contributed by atoms with Gasteiger partial charge in [0, 0.05) is 0 Å². The molecule has 1 atom stereocenters. The second-order valence-electron chi connectivity index (χ2n) is 3.55. The molecule has 76 valence electrons. The monoisotopic (exact) mass is 199 g/mol. The Morgan fingerprint density at radius 3 is 2.46 bits per heavy atom. The van der Waals surface area contributed by atoms with E-state index in [0.29, 0.717) is 5.75 Å². The van der Waals surface area contributed by atoms with E-state index in [2.05, 4.69) is 32.6 Å². The Bertz CT molecular complexity index is 190. The highest BCUT2D eigenvalue weighted by atomic mass is 32.1. The van der Waals surface area contributed by atoms with Crippen molar-refractivity contribution in [3.63, 3.8) is 0 Å². The molecule has 0 aromatic rings. The van der Waals surface area contributed by atoms with E-state index < -0.39 is 6.10 Å². The van der Waals surface area contributed by atoms with Crippen LogP contribution in [-0.4, -0.2) is 11.9 Å². The highest BCUT2D eigenvalue weighted by molar-refractivity contribution is 7.80. The quantitative estimate of drug-likeness (QED) is 0.533. The first kappa shape index (κ1) is 12.8. The molecule has 1 unspecified atom stereocenters. The first-order valence-electron chi connectivity index (χ1n) is 4.63. The minimum Gasteiger partial charge on any atom is -0.848 e. The molecule has 0 aliphatic carbocycles. The molecule has 0 saturated carbocycles. The van der Waals surface area contributed by atoms with Crippen LogP contribution in [0.2, 0.25) is 0 Å². The van der Waals surface area contributed by atoms with Gasteiger partial charge in [-0.05, 0) is 39.4 Å². The molecule has 1 nitrogen and oxygen atoms in total. The molecular weight excluding hydrogens is 180 g/mol. The fourth-order valence-corrected chi connectivity index (χ4v) is 1.15. The summed E-state index contributed by atoms with van der Waals surface area (Å²) in [5.41, 5.74) is 2.51. The van der Waals surface area contributed by atoms with Crippen LogP contribution < -0.4 is 5.11 Å². The Labute approximate surface area is 87.0 Å². The second kappa shape index (κ2) is 7.22. The van der Waals surface area contributed by atoms with Crippen molar-refractivity contribution in [3.05, 3.63) is 23.3 Å². The summed E-state index contributed by atoms with van der Waals surface area (Å²) in [6.45, 7) is 6.18. The van der Waals surface area contributed by atoms with Crippen molar-refractivity contribution in [2.24, 2.45) is 0 Å². The Balaban J connectivity index is 3.80. The Morgan fingerprint density at radius 1 is 1.38 bits per heavy atom. The van der Waals surface area contributed by atoms with Gasteiger partial charge in [-0.1, -0.05) is 29.4 Å². The second-order valence-corrected chi connectivity index (χ2v) is 3.92. The highest BCUT2D eigenvalue weighted by Gasteiger charge is 1.90. The van der Waals surface area contributed by atoms with E-state index in [1.165, 1.54) is 11.1 Å². The molecule has 0 aromatic carbocycles. The van der Waals surface area contributed by atoms with Crippen molar-refractivity contribution in [1.82, 2.24) is 0 Å². The lowest BCUT2D eigenvalue weighted by Gasteiger charge is -2.15. The Morgan fingerprint density at radius 2 is 2.00 bits per heavy atom. The van der Waals surface area contributed by atoms with Crippen molar-refractivity contribution in [2.75, 3.05) is 5.75 Å². The van der Waals surface area contributed by atoms with E-state index in [-0.39, 0.29) is 0 Å². The summed E-state index contributed by atoms with van der Waals surface area (Å²) in [5.74, 6) is 0.389. The highest BCUT2D eigenvalue weighted by Crippen LogP contribution is 2.07. The molecule has 0 radical (unpaired) electrons. The standard InChI is InChI=1S/C11H19OS/c1-9(2)5-4-6-10(3)7-11(12)8-13/h5,7,11,13H,4,6,8H2,1-3H3/q-1/b10-7+. The summed E-state index contributed by atoms with van der Waals surface area (Å²) in [5, 5.41) is 11.0. The largest absolute Gasteiger partial charge is 0.848 e. The number of thiol groups is 1. The van der Waals surface area contributed by atoms with Crippen LogP contribution in [0.3, 0.4) is 0 Å². The first-order valence-corrected chi connectivity index (χ1v) is 5.27. The van der Waals surface area contributed by atoms with Crippen LogP contribution >= 0.6 is 12.6 Å². The topological polar surface area (TPSA) is 23.1 Å². The maximum atomic E-state index is 11.0. The first-order chi connectivity index (χ1) is 6.06. The summed E-state index contributed by atoms with van der Waals surface area (Å²) < 4.78 is 0. The third kappa shape index (κ3) is 8.13. The average molecular weight is 199 g/mol. The van der Waals surface area contributed by atoms with E-state index in [4.69, 9.17) is 0 Å². The molecule has 0 rings (SSSR count). The van der Waals surface area contributed by atoms with Crippen molar-refractivity contribution >= 4 is 12.6 Å². The van der Waals surface area contributed by atoms with Crippen LogP contribution in [0.1, 0.15) is 33.6 Å². The Hall–Kier alpha value is -0.210. The molecule has 13 heavy (non-hydrogen) atoms. The van der Waals surface area contributed by atoms with Crippen LogP contribution in [0.25, 0.3) is 0 Å². The van der Waals surface area contributed by atoms with Crippen molar-refractivity contribution in [1.29, 1.82) is 0 Å². The molecular formula is C11H19OS-. The van der Waals surface area contributed by atoms with E-state index >= 15 is 0 Å². The molecule has 0 aliphatic heterocycles. The van der Waals surface area contributed by atoms with Crippen molar-refractivity contribution in [2.45, 2.75) is 39.7 Å². The number of rotatable bonds is 5. The SMILES string of the molecule is CC(C)=CCC/C(C)=C/C([O-])CS. The molecule has 0 heterocycles. The van der Waals surface area contributed by atoms with Gasteiger partial charge >= 0.3 is 0 Å². The van der Waals surface area contributed by atoms with Gasteiger partial charge in [0.2, 0.25) is 0 Å². The fourth-order valence-electron chi connectivity index (χ4n) is 1.04. The lowest BCUT2D eigenvalue weighted by atomic mass is 10.1. The van der Waals surface area contributed by atoms with Crippen LogP contribution in [-0.2, 0) is 0 Å². The van der Waals surface area contributed by atoms with Gasteiger partial charge in [0.15, 0.2) is 0 Å². The van der Waals surface area contributed by atoms with Gasteiger partial charge in [-0.2, -0.15) is 12.6 Å². The molecule has 0 amide bonds. The van der Waals surface area contributed by atoms with Crippen LogP contribution in [0.15, 0.2) is 23.3 Å². The normalized spacial score (nSPS) is 14.1. The smallest absolute Gasteiger partial charge is 0.0188 e. The number of hydrogen-bond acceptors (Lipinski definition) is 2. The third-order valence-electron chi connectivity index (χ3n) is 1.74. The van der Waals surface area contributed by atoms with Gasteiger partial charge < -0.3 is 5.11 Å². The van der Waals surface area contributed by atoms with Crippen LogP contribution in [0, 0.1) is 0 Å². The minimum absolute atomic E-state index is 0.389. The zero-order valence-corrected chi connectivity index (χ0v) is 9.60. The predicted molar refractivity (Wildman–Crippen MR) is 60.1 cm³/mol. The number of hydrogen-bond donors (Lipinski definition) is 1. The van der Waals surface area contributed by atoms with Gasteiger partial charge in [0.05, 0.1) is 0 Å². The van der Waals surface area contributed by atoms with E-state index in [0.717, 1.165) is 12.8 Å². The summed E-state index contributed by atoms with van der Waals surface area (Å²) in [4.78, 5) is 0. The zero-order chi connectivity index (χ0) is 10.3. The molecule has 0 N–H and O–H groups in total. The van der Waals surface area contributed by atoms with Crippen LogP contribution in [0.5, 0.6) is 0 Å². The zero-order valence-electron chi connectivity index (χ0n) is 8.71. The fraction of sp³-hybridized carbons (Fsp3) is 0.636. The van der Waals surface area contributed by atoms with E-state index in [1.54, 1.807) is 6.08 Å². The third-order valence-corrected chi connectivity index (χ3v) is 2.10. The summed E-state index contributed by atoms with van der Waals surface area (Å²) in [6, 6.07) is 0. The summed E-state index contributed by atoms with van der Waals surface area (Å²) >= 11 is 3.94. The minimum atomic E-state index is -0.643. The maximum absolute atomic E-state index is 11.0. The van der Waals surface area contributed by atoms with Gasteiger partial charge in [0.25, 0.3) is 0 Å². The van der Waals surface area contributed by atoms with Crippen molar-refractivity contribution in [3.8, 4) is 0 Å². The molecule has 0 saturated heterocycles. The average Bonchev–Trinajstić information content (AvgIpc) is 2.03.